The van der Waals surface area contributed by atoms with Crippen molar-refractivity contribution >= 4 is 0 Å². The van der Waals surface area contributed by atoms with Crippen molar-refractivity contribution in [3.05, 3.63) is 35.9 Å². The van der Waals surface area contributed by atoms with E-state index in [1.165, 1.54) is 70.3 Å². The van der Waals surface area contributed by atoms with Gasteiger partial charge in [0, 0.05) is 44.8 Å². The van der Waals surface area contributed by atoms with E-state index in [0.717, 1.165) is 24.9 Å². The molecule has 3 nitrogen and oxygen atoms in total. The highest BCUT2D eigenvalue weighted by molar-refractivity contribution is 5.15. The molecule has 3 aliphatic rings. The van der Waals surface area contributed by atoms with Crippen LogP contribution in [-0.2, 0) is 6.54 Å². The number of piperazine rings is 1. The van der Waals surface area contributed by atoms with E-state index in [-0.39, 0.29) is 0 Å². The molecule has 2 saturated carbocycles. The molecular formula is C21H33N3. The van der Waals surface area contributed by atoms with Crippen LogP contribution in [0.2, 0.25) is 0 Å². The molecule has 0 unspecified atom stereocenters. The Bertz CT molecular complexity index is 499. The van der Waals surface area contributed by atoms with Crippen molar-refractivity contribution < 1.29 is 0 Å². The van der Waals surface area contributed by atoms with E-state index in [0.29, 0.717) is 5.54 Å². The van der Waals surface area contributed by atoms with Gasteiger partial charge in [0.1, 0.15) is 0 Å². The zero-order valence-corrected chi connectivity index (χ0v) is 15.0. The van der Waals surface area contributed by atoms with Gasteiger partial charge in [-0.3, -0.25) is 9.80 Å². The lowest BCUT2D eigenvalue weighted by molar-refractivity contribution is -0.0856. The van der Waals surface area contributed by atoms with Crippen molar-refractivity contribution in [1.82, 2.24) is 9.80 Å². The monoisotopic (exact) mass is 327 g/mol. The molecule has 4 rings (SSSR count). The Balaban J connectivity index is 1.41. The Labute approximate surface area is 147 Å². The molecule has 2 aliphatic carbocycles. The van der Waals surface area contributed by atoms with E-state index in [9.17, 15) is 0 Å². The van der Waals surface area contributed by atoms with Crippen molar-refractivity contribution in [2.45, 2.75) is 50.6 Å². The number of hydrogen-bond acceptors (Lipinski definition) is 3. The molecule has 1 heterocycles. The summed E-state index contributed by atoms with van der Waals surface area (Å²) in [4.78, 5) is 5.44. The van der Waals surface area contributed by atoms with Gasteiger partial charge in [-0.25, -0.2) is 0 Å². The average molecular weight is 328 g/mol. The number of nitrogens with two attached hydrogens (primary N) is 1. The van der Waals surface area contributed by atoms with Gasteiger partial charge in [-0.05, 0) is 43.1 Å². The third kappa shape index (κ3) is 2.91. The first kappa shape index (κ1) is 16.6. The lowest BCUT2D eigenvalue weighted by atomic mass is 9.58. The van der Waals surface area contributed by atoms with Gasteiger partial charge in [0.05, 0.1) is 0 Å². The van der Waals surface area contributed by atoms with Gasteiger partial charge in [0.25, 0.3) is 0 Å². The standard InChI is InChI=1S/C21H33N3/c22-17-21(19-8-4-9-19,20-10-5-11-20)24-14-12-23(13-15-24)16-18-6-2-1-3-7-18/h1-3,6-7,19-20H,4-5,8-17,22H2. The molecule has 3 heteroatoms. The minimum Gasteiger partial charge on any atom is -0.329 e. The molecule has 3 fully saturated rings. The minimum absolute atomic E-state index is 0.329. The Morgan fingerprint density at radius 1 is 0.875 bits per heavy atom. The second-order valence-electron chi connectivity index (χ2n) is 8.20. The lowest BCUT2D eigenvalue weighted by Crippen LogP contribution is -2.68. The smallest absolute Gasteiger partial charge is 0.0388 e. The quantitative estimate of drug-likeness (QED) is 0.871. The zero-order valence-electron chi connectivity index (χ0n) is 15.0. The predicted octanol–water partition coefficient (Wildman–Crippen LogP) is 3.10. The fraction of sp³-hybridized carbons (Fsp3) is 0.714. The molecule has 0 bridgehead atoms. The van der Waals surface area contributed by atoms with Gasteiger partial charge in [-0.1, -0.05) is 43.2 Å². The Morgan fingerprint density at radius 3 is 1.92 bits per heavy atom. The second kappa shape index (κ2) is 7.15. The molecular weight excluding hydrogens is 294 g/mol. The van der Waals surface area contributed by atoms with Crippen LogP contribution in [0.4, 0.5) is 0 Å². The first-order chi connectivity index (χ1) is 11.8. The lowest BCUT2D eigenvalue weighted by Gasteiger charge is -2.59. The summed E-state index contributed by atoms with van der Waals surface area (Å²) < 4.78 is 0. The van der Waals surface area contributed by atoms with Crippen molar-refractivity contribution in [2.75, 3.05) is 32.7 Å². The SMILES string of the molecule is NCC(C1CCC1)(C1CCC1)N1CCN(Cc2ccccc2)CC1. The molecule has 2 N–H and O–H groups in total. The van der Waals surface area contributed by atoms with Crippen molar-refractivity contribution in [1.29, 1.82) is 0 Å². The topological polar surface area (TPSA) is 32.5 Å². The summed E-state index contributed by atoms with van der Waals surface area (Å²) in [7, 11) is 0. The Kier molecular flexibility index (Phi) is 4.93. The van der Waals surface area contributed by atoms with E-state index in [2.05, 4.69) is 40.1 Å². The van der Waals surface area contributed by atoms with Gasteiger partial charge in [0.2, 0.25) is 0 Å². The Morgan fingerprint density at radius 2 is 1.46 bits per heavy atom. The van der Waals surface area contributed by atoms with E-state index in [1.54, 1.807) is 0 Å². The van der Waals surface area contributed by atoms with Crippen molar-refractivity contribution in [3.8, 4) is 0 Å². The summed E-state index contributed by atoms with van der Waals surface area (Å²) in [6.45, 7) is 6.76. The highest BCUT2D eigenvalue weighted by Gasteiger charge is 2.52. The van der Waals surface area contributed by atoms with Crippen molar-refractivity contribution in [3.63, 3.8) is 0 Å². The van der Waals surface area contributed by atoms with Crippen LogP contribution in [-0.4, -0.2) is 48.1 Å². The van der Waals surface area contributed by atoms with Crippen molar-refractivity contribution in [2.24, 2.45) is 17.6 Å². The maximum absolute atomic E-state index is 6.46. The van der Waals surface area contributed by atoms with Gasteiger partial charge in [-0.2, -0.15) is 0 Å². The molecule has 132 valence electrons. The predicted molar refractivity (Wildman–Crippen MR) is 99.8 cm³/mol. The molecule has 0 atom stereocenters. The van der Waals surface area contributed by atoms with Crippen LogP contribution in [0.5, 0.6) is 0 Å². The summed E-state index contributed by atoms with van der Waals surface area (Å²) >= 11 is 0. The third-order valence-corrected chi connectivity index (χ3v) is 7.16. The van der Waals surface area contributed by atoms with E-state index in [1.807, 2.05) is 0 Å². The minimum atomic E-state index is 0.329. The maximum Gasteiger partial charge on any atom is 0.0388 e. The normalized spacial score (nSPS) is 24.5. The summed E-state index contributed by atoms with van der Waals surface area (Å²) in [6, 6.07) is 10.9. The fourth-order valence-corrected chi connectivity index (χ4v) is 5.29. The number of hydrogen-bond donors (Lipinski definition) is 1. The van der Waals surface area contributed by atoms with Crippen LogP contribution >= 0.6 is 0 Å². The summed E-state index contributed by atoms with van der Waals surface area (Å²) in [5.74, 6) is 1.74. The zero-order chi connectivity index (χ0) is 16.4. The molecule has 0 amide bonds. The Hall–Kier alpha value is -0.900. The fourth-order valence-electron chi connectivity index (χ4n) is 5.29. The average Bonchev–Trinajstić information content (AvgIpc) is 2.52. The van der Waals surface area contributed by atoms with Gasteiger partial charge >= 0.3 is 0 Å². The third-order valence-electron chi connectivity index (χ3n) is 7.16. The molecule has 1 aromatic carbocycles. The highest BCUT2D eigenvalue weighted by atomic mass is 15.3. The van der Waals surface area contributed by atoms with Crippen LogP contribution in [0, 0.1) is 11.8 Å². The van der Waals surface area contributed by atoms with Crippen LogP contribution < -0.4 is 5.73 Å². The van der Waals surface area contributed by atoms with Gasteiger partial charge < -0.3 is 5.73 Å². The van der Waals surface area contributed by atoms with Gasteiger partial charge in [-0.15, -0.1) is 0 Å². The van der Waals surface area contributed by atoms with Crippen LogP contribution in [0.15, 0.2) is 30.3 Å². The summed E-state index contributed by atoms with van der Waals surface area (Å²) in [5, 5.41) is 0. The molecule has 1 saturated heterocycles. The van der Waals surface area contributed by atoms with E-state index in [4.69, 9.17) is 5.73 Å². The molecule has 1 aromatic rings. The van der Waals surface area contributed by atoms with Crippen LogP contribution in [0.1, 0.15) is 44.1 Å². The first-order valence-electron chi connectivity index (χ1n) is 10.0. The molecule has 0 spiro atoms. The van der Waals surface area contributed by atoms with E-state index >= 15 is 0 Å². The molecule has 1 aliphatic heterocycles. The van der Waals surface area contributed by atoms with Gasteiger partial charge in [0.15, 0.2) is 0 Å². The molecule has 24 heavy (non-hydrogen) atoms. The van der Waals surface area contributed by atoms with Crippen LogP contribution in [0.3, 0.4) is 0 Å². The summed E-state index contributed by atoms with van der Waals surface area (Å²) in [5.41, 5.74) is 8.23. The maximum atomic E-state index is 6.46. The molecule has 0 radical (unpaired) electrons. The molecule has 0 aromatic heterocycles. The summed E-state index contributed by atoms with van der Waals surface area (Å²) in [6.07, 6.45) is 8.51. The first-order valence-corrected chi connectivity index (χ1v) is 10.0. The highest BCUT2D eigenvalue weighted by Crippen LogP contribution is 2.50. The number of rotatable bonds is 6. The second-order valence-corrected chi connectivity index (χ2v) is 8.20. The van der Waals surface area contributed by atoms with Crippen LogP contribution in [0.25, 0.3) is 0 Å². The largest absolute Gasteiger partial charge is 0.329 e. The van der Waals surface area contributed by atoms with E-state index < -0.39 is 0 Å². The number of benzene rings is 1. The number of nitrogens with zero attached hydrogens (tertiary/aromatic N) is 2.